The fraction of sp³-hybridized carbons (Fsp3) is 0.154. The number of carbonyl (C=O) groups excluding carboxylic acids is 2. The number of nitrogens with zero attached hydrogens (tertiary/aromatic N) is 1. The van der Waals surface area contributed by atoms with Gasteiger partial charge in [0.25, 0.3) is 0 Å². The second-order valence-corrected chi connectivity index (χ2v) is 4.17. The number of ketones is 1. The van der Waals surface area contributed by atoms with Crippen molar-refractivity contribution in [3.8, 4) is 6.07 Å². The minimum Gasteiger partial charge on any atom is -0.454 e. The Morgan fingerprint density at radius 1 is 1.50 bits per heavy atom. The highest BCUT2D eigenvalue weighted by Crippen LogP contribution is 2.19. The molecule has 0 aliphatic heterocycles. The number of esters is 1. The Morgan fingerprint density at radius 3 is 2.65 bits per heavy atom. The number of halogens is 2. The molecule has 0 spiro atoms. The third-order valence-electron chi connectivity index (χ3n) is 2.29. The summed E-state index contributed by atoms with van der Waals surface area (Å²) in [5, 5.41) is 8.58. The topological polar surface area (TPSA) is 93.2 Å². The summed E-state index contributed by atoms with van der Waals surface area (Å²) in [6.07, 6.45) is 0. The number of ether oxygens (including phenoxy) is 1. The monoisotopic (exact) mass is 296 g/mol. The zero-order chi connectivity index (χ0) is 15.3. The molecule has 0 amide bonds. The maximum absolute atomic E-state index is 13.4. The number of hydrogen-bond donors (Lipinski definition) is 1. The van der Waals surface area contributed by atoms with Crippen LogP contribution in [0.1, 0.15) is 17.3 Å². The van der Waals surface area contributed by atoms with Crippen LogP contribution in [0.3, 0.4) is 0 Å². The average Bonchev–Trinajstić information content (AvgIpc) is 2.36. The van der Waals surface area contributed by atoms with Crippen molar-refractivity contribution in [2.45, 2.75) is 6.92 Å². The Bertz CT molecular complexity index is 611. The van der Waals surface area contributed by atoms with E-state index in [4.69, 9.17) is 22.6 Å². The standard InChI is InChI=1S/C13H10ClFN2O3/c1-7(17)8(5-16)11(18)6-20-13(19)12-9(14)3-2-4-10(12)15/h2-4H,6,17H2,1H3/b8-7-. The highest BCUT2D eigenvalue weighted by atomic mass is 35.5. The highest BCUT2D eigenvalue weighted by molar-refractivity contribution is 6.33. The summed E-state index contributed by atoms with van der Waals surface area (Å²) in [7, 11) is 0. The third kappa shape index (κ3) is 3.56. The van der Waals surface area contributed by atoms with Crippen LogP contribution in [0.2, 0.25) is 5.02 Å². The second-order valence-electron chi connectivity index (χ2n) is 3.77. The van der Waals surface area contributed by atoms with Crippen molar-refractivity contribution in [3.05, 3.63) is 45.9 Å². The largest absolute Gasteiger partial charge is 0.454 e. The maximum atomic E-state index is 13.4. The summed E-state index contributed by atoms with van der Waals surface area (Å²) in [6, 6.07) is 5.28. The van der Waals surface area contributed by atoms with Crippen LogP contribution in [-0.4, -0.2) is 18.4 Å². The number of nitrogens with two attached hydrogens (primary N) is 1. The first-order valence-electron chi connectivity index (χ1n) is 5.39. The van der Waals surface area contributed by atoms with E-state index in [0.717, 1.165) is 6.07 Å². The summed E-state index contributed by atoms with van der Waals surface area (Å²) >= 11 is 5.67. The zero-order valence-corrected chi connectivity index (χ0v) is 11.2. The Kier molecular flexibility index (Phi) is 5.23. The average molecular weight is 297 g/mol. The Hall–Kier alpha value is -2.39. The molecule has 20 heavy (non-hydrogen) atoms. The third-order valence-corrected chi connectivity index (χ3v) is 2.60. The van der Waals surface area contributed by atoms with Crippen molar-refractivity contribution in [2.24, 2.45) is 5.73 Å². The van der Waals surface area contributed by atoms with Gasteiger partial charge in [0.05, 0.1) is 5.02 Å². The van der Waals surface area contributed by atoms with E-state index in [-0.39, 0.29) is 16.3 Å². The molecule has 0 bridgehead atoms. The van der Waals surface area contributed by atoms with Gasteiger partial charge in [-0.3, -0.25) is 4.79 Å². The molecule has 7 heteroatoms. The predicted molar refractivity (Wildman–Crippen MR) is 69.2 cm³/mol. The van der Waals surface area contributed by atoms with Gasteiger partial charge in [0.15, 0.2) is 6.61 Å². The molecule has 0 aliphatic rings. The van der Waals surface area contributed by atoms with Gasteiger partial charge >= 0.3 is 5.97 Å². The van der Waals surface area contributed by atoms with Crippen molar-refractivity contribution < 1.29 is 18.7 Å². The van der Waals surface area contributed by atoms with Crippen LogP contribution in [0.4, 0.5) is 4.39 Å². The summed E-state index contributed by atoms with van der Waals surface area (Å²) in [5.41, 5.74) is 4.57. The van der Waals surface area contributed by atoms with Gasteiger partial charge in [-0.15, -0.1) is 0 Å². The fourth-order valence-corrected chi connectivity index (χ4v) is 1.58. The Labute approximate surface area is 119 Å². The van der Waals surface area contributed by atoms with Crippen molar-refractivity contribution in [1.82, 2.24) is 0 Å². The normalized spacial score (nSPS) is 11.3. The first-order chi connectivity index (χ1) is 9.38. The molecule has 0 saturated carbocycles. The summed E-state index contributed by atoms with van der Waals surface area (Å²) in [6.45, 7) is 0.646. The van der Waals surface area contributed by atoms with E-state index in [1.165, 1.54) is 19.1 Å². The van der Waals surface area contributed by atoms with E-state index < -0.39 is 29.7 Å². The van der Waals surface area contributed by atoms with Crippen LogP contribution >= 0.6 is 11.6 Å². The van der Waals surface area contributed by atoms with E-state index in [9.17, 15) is 14.0 Å². The van der Waals surface area contributed by atoms with Crippen LogP contribution in [0, 0.1) is 17.1 Å². The lowest BCUT2D eigenvalue weighted by Crippen LogP contribution is -2.18. The van der Waals surface area contributed by atoms with Gasteiger partial charge < -0.3 is 10.5 Å². The zero-order valence-electron chi connectivity index (χ0n) is 10.4. The van der Waals surface area contributed by atoms with E-state index in [2.05, 4.69) is 4.74 Å². The molecule has 2 N–H and O–H groups in total. The lowest BCUT2D eigenvalue weighted by Gasteiger charge is -2.06. The summed E-state index contributed by atoms with van der Waals surface area (Å²) in [5.74, 6) is -2.72. The Balaban J connectivity index is 2.82. The van der Waals surface area contributed by atoms with Gasteiger partial charge in [0.1, 0.15) is 23.0 Å². The molecule has 0 aromatic heterocycles. The van der Waals surface area contributed by atoms with Crippen LogP contribution in [0.5, 0.6) is 0 Å². The number of nitriles is 1. The maximum Gasteiger partial charge on any atom is 0.343 e. The first-order valence-corrected chi connectivity index (χ1v) is 5.77. The fourth-order valence-electron chi connectivity index (χ4n) is 1.34. The van der Waals surface area contributed by atoms with Crippen LogP contribution < -0.4 is 5.73 Å². The number of rotatable bonds is 4. The predicted octanol–water partition coefficient (Wildman–Crippen LogP) is 1.96. The van der Waals surface area contributed by atoms with E-state index >= 15 is 0 Å². The number of carbonyl (C=O) groups is 2. The molecule has 0 unspecified atom stereocenters. The number of hydrogen-bond acceptors (Lipinski definition) is 5. The molecule has 1 aromatic rings. The van der Waals surface area contributed by atoms with Crippen molar-refractivity contribution >= 4 is 23.4 Å². The molecule has 1 aromatic carbocycles. The number of benzene rings is 1. The molecule has 104 valence electrons. The molecule has 0 aliphatic carbocycles. The van der Waals surface area contributed by atoms with Crippen LogP contribution in [0.15, 0.2) is 29.5 Å². The van der Waals surface area contributed by atoms with E-state index in [1.54, 1.807) is 6.07 Å². The van der Waals surface area contributed by atoms with Gasteiger partial charge in [-0.1, -0.05) is 17.7 Å². The molecule has 0 saturated heterocycles. The number of Topliss-reactive ketones (excluding diaryl/α,β-unsaturated/α-hetero) is 1. The molecule has 0 atom stereocenters. The second kappa shape index (κ2) is 6.68. The highest BCUT2D eigenvalue weighted by Gasteiger charge is 2.20. The van der Waals surface area contributed by atoms with Crippen LogP contribution in [-0.2, 0) is 9.53 Å². The molecule has 0 radical (unpaired) electrons. The van der Waals surface area contributed by atoms with Gasteiger partial charge in [-0.25, -0.2) is 9.18 Å². The van der Waals surface area contributed by atoms with Crippen molar-refractivity contribution in [2.75, 3.05) is 6.61 Å². The lowest BCUT2D eigenvalue weighted by molar-refractivity contribution is -0.118. The molecular formula is C13H10ClFN2O3. The Morgan fingerprint density at radius 2 is 2.15 bits per heavy atom. The minimum absolute atomic E-state index is 0.0115. The molecule has 1 rings (SSSR count). The minimum atomic E-state index is -1.09. The smallest absolute Gasteiger partial charge is 0.343 e. The first kappa shape index (κ1) is 15.7. The summed E-state index contributed by atoms with van der Waals surface area (Å²) < 4.78 is 18.1. The van der Waals surface area contributed by atoms with E-state index in [0.29, 0.717) is 0 Å². The molecule has 0 heterocycles. The number of allylic oxidation sites excluding steroid dienone is 1. The van der Waals surface area contributed by atoms with Gasteiger partial charge in [0, 0.05) is 5.70 Å². The summed E-state index contributed by atoms with van der Waals surface area (Å²) in [4.78, 5) is 23.2. The molecule has 5 nitrogen and oxygen atoms in total. The van der Waals surface area contributed by atoms with Gasteiger partial charge in [-0.05, 0) is 19.1 Å². The van der Waals surface area contributed by atoms with Gasteiger partial charge in [-0.2, -0.15) is 5.26 Å². The molecule has 0 fully saturated rings. The lowest BCUT2D eigenvalue weighted by atomic mass is 10.1. The quantitative estimate of drug-likeness (QED) is 0.521. The molecular weight excluding hydrogens is 287 g/mol. The van der Waals surface area contributed by atoms with Crippen molar-refractivity contribution in [1.29, 1.82) is 5.26 Å². The van der Waals surface area contributed by atoms with E-state index in [1.807, 2.05) is 0 Å². The van der Waals surface area contributed by atoms with Crippen molar-refractivity contribution in [3.63, 3.8) is 0 Å². The SMILES string of the molecule is C/C(N)=C(\C#N)C(=O)COC(=O)c1c(F)cccc1Cl. The van der Waals surface area contributed by atoms with Crippen LogP contribution in [0.25, 0.3) is 0 Å². The van der Waals surface area contributed by atoms with Gasteiger partial charge in [0.2, 0.25) is 5.78 Å².